The molecular formula is C11H17N3O2. The van der Waals surface area contributed by atoms with E-state index in [0.717, 1.165) is 18.5 Å². The Morgan fingerprint density at radius 3 is 3.19 bits per heavy atom. The summed E-state index contributed by atoms with van der Waals surface area (Å²) in [4.78, 5) is 11.7. The fraction of sp³-hybridized carbons (Fsp3) is 0.636. The van der Waals surface area contributed by atoms with Crippen molar-refractivity contribution in [1.82, 2.24) is 15.8 Å². The van der Waals surface area contributed by atoms with E-state index in [0.29, 0.717) is 18.3 Å². The number of amides is 1. The third-order valence-electron chi connectivity index (χ3n) is 2.88. The van der Waals surface area contributed by atoms with Crippen LogP contribution in [0.5, 0.6) is 0 Å². The molecule has 0 spiro atoms. The van der Waals surface area contributed by atoms with Crippen LogP contribution in [0.4, 0.5) is 0 Å². The number of piperidine rings is 1. The molecule has 1 unspecified atom stereocenters. The van der Waals surface area contributed by atoms with Gasteiger partial charge in [-0.15, -0.1) is 0 Å². The van der Waals surface area contributed by atoms with E-state index in [4.69, 9.17) is 4.52 Å². The van der Waals surface area contributed by atoms with Crippen LogP contribution in [0.25, 0.3) is 0 Å². The Kier molecular flexibility index (Phi) is 3.56. The summed E-state index contributed by atoms with van der Waals surface area (Å²) in [5.41, 5.74) is 0.772. The minimum Gasteiger partial charge on any atom is -0.351 e. The van der Waals surface area contributed by atoms with Gasteiger partial charge in [-0.1, -0.05) is 11.6 Å². The lowest BCUT2D eigenvalue weighted by atomic mass is 10.1. The molecule has 0 saturated carbocycles. The standard InChI is InChI=1S/C11H17N3O2/c1-8-6-14-16-10(8)11(15)13-7-9-4-2-3-5-12-9/h6,9,12H,2-5,7H2,1H3,(H,13,15). The van der Waals surface area contributed by atoms with Crippen LogP contribution in [-0.4, -0.2) is 30.2 Å². The van der Waals surface area contributed by atoms with Gasteiger partial charge in [-0.3, -0.25) is 4.79 Å². The third kappa shape index (κ3) is 2.61. The zero-order valence-electron chi connectivity index (χ0n) is 9.45. The smallest absolute Gasteiger partial charge is 0.290 e. The molecular weight excluding hydrogens is 206 g/mol. The summed E-state index contributed by atoms with van der Waals surface area (Å²) in [5, 5.41) is 9.82. The predicted molar refractivity (Wildman–Crippen MR) is 59.2 cm³/mol. The summed E-state index contributed by atoms with van der Waals surface area (Å²) in [5.74, 6) is 0.137. The Balaban J connectivity index is 1.81. The average molecular weight is 223 g/mol. The average Bonchev–Trinajstić information content (AvgIpc) is 2.74. The van der Waals surface area contributed by atoms with Crippen molar-refractivity contribution in [2.75, 3.05) is 13.1 Å². The van der Waals surface area contributed by atoms with Crippen LogP contribution in [0.2, 0.25) is 0 Å². The van der Waals surface area contributed by atoms with E-state index < -0.39 is 0 Å². The Bertz CT molecular complexity index is 356. The first kappa shape index (κ1) is 11.1. The molecule has 0 aliphatic carbocycles. The second-order valence-electron chi connectivity index (χ2n) is 4.19. The van der Waals surface area contributed by atoms with Gasteiger partial charge in [-0.2, -0.15) is 0 Å². The maximum absolute atomic E-state index is 11.7. The molecule has 0 aromatic carbocycles. The Morgan fingerprint density at radius 2 is 2.56 bits per heavy atom. The molecule has 1 saturated heterocycles. The molecule has 1 aromatic rings. The lowest BCUT2D eigenvalue weighted by Crippen LogP contribution is -2.43. The molecule has 2 heterocycles. The third-order valence-corrected chi connectivity index (χ3v) is 2.88. The van der Waals surface area contributed by atoms with Gasteiger partial charge in [0.25, 0.3) is 5.91 Å². The second-order valence-corrected chi connectivity index (χ2v) is 4.19. The highest BCUT2D eigenvalue weighted by molar-refractivity contribution is 5.92. The number of hydrogen-bond donors (Lipinski definition) is 2. The molecule has 2 rings (SSSR count). The van der Waals surface area contributed by atoms with Crippen molar-refractivity contribution in [3.8, 4) is 0 Å². The van der Waals surface area contributed by atoms with Gasteiger partial charge in [0, 0.05) is 18.2 Å². The zero-order valence-corrected chi connectivity index (χ0v) is 9.45. The van der Waals surface area contributed by atoms with Crippen molar-refractivity contribution in [2.24, 2.45) is 0 Å². The number of hydrogen-bond acceptors (Lipinski definition) is 4. The van der Waals surface area contributed by atoms with Crippen LogP contribution in [-0.2, 0) is 0 Å². The molecule has 1 amide bonds. The zero-order chi connectivity index (χ0) is 11.4. The molecule has 16 heavy (non-hydrogen) atoms. The van der Waals surface area contributed by atoms with Crippen molar-refractivity contribution >= 4 is 5.91 Å². The SMILES string of the molecule is Cc1cnoc1C(=O)NCC1CCCCN1. The topological polar surface area (TPSA) is 67.2 Å². The van der Waals surface area contributed by atoms with Crippen molar-refractivity contribution in [1.29, 1.82) is 0 Å². The maximum Gasteiger partial charge on any atom is 0.290 e. The molecule has 0 radical (unpaired) electrons. The molecule has 0 bridgehead atoms. The Hall–Kier alpha value is -1.36. The molecule has 88 valence electrons. The number of nitrogens with one attached hydrogen (secondary N) is 2. The fourth-order valence-corrected chi connectivity index (χ4v) is 1.90. The van der Waals surface area contributed by atoms with E-state index in [2.05, 4.69) is 15.8 Å². The molecule has 1 aliphatic rings. The maximum atomic E-state index is 11.7. The van der Waals surface area contributed by atoms with Crippen LogP contribution < -0.4 is 10.6 Å². The first-order valence-corrected chi connectivity index (χ1v) is 5.70. The van der Waals surface area contributed by atoms with Gasteiger partial charge >= 0.3 is 0 Å². The monoisotopic (exact) mass is 223 g/mol. The van der Waals surface area contributed by atoms with Crippen LogP contribution in [0.15, 0.2) is 10.7 Å². The number of aromatic nitrogens is 1. The van der Waals surface area contributed by atoms with E-state index in [1.807, 2.05) is 6.92 Å². The molecule has 1 fully saturated rings. The molecule has 2 N–H and O–H groups in total. The Morgan fingerprint density at radius 1 is 1.69 bits per heavy atom. The lowest BCUT2D eigenvalue weighted by Gasteiger charge is -2.23. The van der Waals surface area contributed by atoms with E-state index >= 15 is 0 Å². The highest BCUT2D eigenvalue weighted by Gasteiger charge is 2.17. The second kappa shape index (κ2) is 5.12. The molecule has 1 atom stereocenters. The molecule has 1 aliphatic heterocycles. The minimum absolute atomic E-state index is 0.178. The van der Waals surface area contributed by atoms with Crippen molar-refractivity contribution in [2.45, 2.75) is 32.2 Å². The van der Waals surface area contributed by atoms with E-state index in [9.17, 15) is 4.79 Å². The summed E-state index contributed by atoms with van der Waals surface area (Å²) in [6.45, 7) is 3.51. The number of aryl methyl sites for hydroxylation is 1. The normalized spacial score (nSPS) is 20.7. The van der Waals surface area contributed by atoms with Crippen LogP contribution in [0.1, 0.15) is 35.4 Å². The molecule has 5 nitrogen and oxygen atoms in total. The van der Waals surface area contributed by atoms with Gasteiger partial charge in [-0.25, -0.2) is 0 Å². The van der Waals surface area contributed by atoms with Gasteiger partial charge in [0.1, 0.15) is 0 Å². The quantitative estimate of drug-likeness (QED) is 0.797. The largest absolute Gasteiger partial charge is 0.351 e. The van der Waals surface area contributed by atoms with Crippen LogP contribution in [0, 0.1) is 6.92 Å². The van der Waals surface area contributed by atoms with Crippen molar-refractivity contribution in [3.05, 3.63) is 17.5 Å². The first-order chi connectivity index (χ1) is 7.77. The van der Waals surface area contributed by atoms with Gasteiger partial charge in [0.2, 0.25) is 5.76 Å². The summed E-state index contributed by atoms with van der Waals surface area (Å²) in [6, 6.07) is 0.390. The Labute approximate surface area is 94.6 Å². The van der Waals surface area contributed by atoms with Gasteiger partial charge in [0.15, 0.2) is 0 Å². The summed E-state index contributed by atoms with van der Waals surface area (Å²) >= 11 is 0. The van der Waals surface area contributed by atoms with Gasteiger partial charge < -0.3 is 15.2 Å². The highest BCUT2D eigenvalue weighted by Crippen LogP contribution is 2.07. The van der Waals surface area contributed by atoms with E-state index in [-0.39, 0.29) is 5.91 Å². The van der Waals surface area contributed by atoms with Crippen LogP contribution in [0.3, 0.4) is 0 Å². The molecule has 1 aromatic heterocycles. The number of carbonyl (C=O) groups is 1. The first-order valence-electron chi connectivity index (χ1n) is 5.70. The highest BCUT2D eigenvalue weighted by atomic mass is 16.5. The van der Waals surface area contributed by atoms with Gasteiger partial charge in [0.05, 0.1) is 6.20 Å². The van der Waals surface area contributed by atoms with Gasteiger partial charge in [-0.05, 0) is 26.3 Å². The fourth-order valence-electron chi connectivity index (χ4n) is 1.90. The lowest BCUT2D eigenvalue weighted by molar-refractivity contribution is 0.0910. The van der Waals surface area contributed by atoms with Crippen LogP contribution >= 0.6 is 0 Å². The summed E-state index contributed by atoms with van der Waals surface area (Å²) in [7, 11) is 0. The number of rotatable bonds is 3. The minimum atomic E-state index is -0.178. The number of carbonyl (C=O) groups excluding carboxylic acids is 1. The summed E-state index contributed by atoms with van der Waals surface area (Å²) in [6.07, 6.45) is 5.13. The van der Waals surface area contributed by atoms with Crippen molar-refractivity contribution < 1.29 is 9.32 Å². The molecule has 5 heteroatoms. The van der Waals surface area contributed by atoms with E-state index in [1.54, 1.807) is 6.20 Å². The predicted octanol–water partition coefficient (Wildman–Crippen LogP) is 0.855. The summed E-state index contributed by atoms with van der Waals surface area (Å²) < 4.78 is 4.88. The number of nitrogens with zero attached hydrogens (tertiary/aromatic N) is 1. The van der Waals surface area contributed by atoms with Crippen molar-refractivity contribution in [3.63, 3.8) is 0 Å². The van der Waals surface area contributed by atoms with E-state index in [1.165, 1.54) is 12.8 Å².